The third kappa shape index (κ3) is 2.94. The molecule has 0 saturated carbocycles. The standard InChI is InChI=1S/C16H17NO2/c1-2-3-6-11-17-16(19)14-10-9-12-7-4-5-8-13(12)15(14)18/h2-5,7-10,18H,6,11H2,1H3,(H,17,19)/b3-2+. The highest BCUT2D eigenvalue weighted by molar-refractivity contribution is 6.03. The van der Waals surface area contributed by atoms with Crippen molar-refractivity contribution in [2.24, 2.45) is 0 Å². The molecule has 19 heavy (non-hydrogen) atoms. The van der Waals surface area contributed by atoms with Crippen LogP contribution in [0.15, 0.2) is 48.6 Å². The SMILES string of the molecule is C/C=C/CCNC(=O)c1ccc2ccccc2c1O. The van der Waals surface area contributed by atoms with Gasteiger partial charge in [0.25, 0.3) is 5.91 Å². The fraction of sp³-hybridized carbons (Fsp3) is 0.188. The van der Waals surface area contributed by atoms with Gasteiger partial charge in [-0.3, -0.25) is 4.79 Å². The van der Waals surface area contributed by atoms with Crippen molar-refractivity contribution in [2.45, 2.75) is 13.3 Å². The number of rotatable bonds is 4. The maximum absolute atomic E-state index is 12.0. The zero-order chi connectivity index (χ0) is 13.7. The molecule has 0 aliphatic rings. The molecule has 3 heteroatoms. The van der Waals surface area contributed by atoms with Crippen molar-refractivity contribution < 1.29 is 9.90 Å². The monoisotopic (exact) mass is 255 g/mol. The van der Waals surface area contributed by atoms with Gasteiger partial charge < -0.3 is 10.4 Å². The number of phenolic OH excluding ortho intramolecular Hbond substituents is 1. The van der Waals surface area contributed by atoms with Crippen molar-refractivity contribution in [1.82, 2.24) is 5.32 Å². The Morgan fingerprint density at radius 2 is 2.05 bits per heavy atom. The van der Waals surface area contributed by atoms with Crippen LogP contribution in [0.3, 0.4) is 0 Å². The second-order valence-corrected chi connectivity index (χ2v) is 4.30. The first-order valence-electron chi connectivity index (χ1n) is 6.34. The van der Waals surface area contributed by atoms with Gasteiger partial charge in [-0.15, -0.1) is 0 Å². The predicted molar refractivity (Wildman–Crippen MR) is 77.4 cm³/mol. The largest absolute Gasteiger partial charge is 0.506 e. The number of aromatic hydroxyl groups is 1. The Hall–Kier alpha value is -2.29. The van der Waals surface area contributed by atoms with Crippen LogP contribution < -0.4 is 5.32 Å². The average Bonchev–Trinajstić information content (AvgIpc) is 2.44. The zero-order valence-corrected chi connectivity index (χ0v) is 10.9. The van der Waals surface area contributed by atoms with Crippen LogP contribution in [0.1, 0.15) is 23.7 Å². The molecule has 0 radical (unpaired) electrons. The van der Waals surface area contributed by atoms with E-state index in [0.29, 0.717) is 17.5 Å². The van der Waals surface area contributed by atoms with Crippen molar-refractivity contribution >= 4 is 16.7 Å². The third-order valence-electron chi connectivity index (χ3n) is 2.98. The number of hydrogen-bond donors (Lipinski definition) is 2. The molecule has 0 aliphatic carbocycles. The number of carbonyl (C=O) groups excluding carboxylic acids is 1. The summed E-state index contributed by atoms with van der Waals surface area (Å²) in [6, 6.07) is 11.0. The molecular formula is C16H17NO2. The molecule has 0 aliphatic heterocycles. The Labute approximate surface area is 112 Å². The fourth-order valence-electron chi connectivity index (χ4n) is 1.97. The Balaban J connectivity index is 2.20. The molecule has 2 rings (SSSR count). The molecule has 1 amide bonds. The number of phenols is 1. The van der Waals surface area contributed by atoms with E-state index in [2.05, 4.69) is 5.32 Å². The average molecular weight is 255 g/mol. The maximum Gasteiger partial charge on any atom is 0.255 e. The molecular weight excluding hydrogens is 238 g/mol. The highest BCUT2D eigenvalue weighted by Crippen LogP contribution is 2.28. The lowest BCUT2D eigenvalue weighted by Crippen LogP contribution is -2.24. The van der Waals surface area contributed by atoms with E-state index in [1.807, 2.05) is 43.3 Å². The number of benzene rings is 2. The molecule has 98 valence electrons. The highest BCUT2D eigenvalue weighted by atomic mass is 16.3. The van der Waals surface area contributed by atoms with E-state index in [1.54, 1.807) is 12.1 Å². The van der Waals surface area contributed by atoms with Gasteiger partial charge >= 0.3 is 0 Å². The second-order valence-electron chi connectivity index (χ2n) is 4.30. The van der Waals surface area contributed by atoms with E-state index in [1.165, 1.54) is 0 Å². The molecule has 2 N–H and O–H groups in total. The minimum absolute atomic E-state index is 0.0432. The quantitative estimate of drug-likeness (QED) is 0.651. The first kappa shape index (κ1) is 13.1. The van der Waals surface area contributed by atoms with Crippen LogP contribution >= 0.6 is 0 Å². The van der Waals surface area contributed by atoms with Crippen molar-refractivity contribution in [3.05, 3.63) is 54.1 Å². The molecule has 0 unspecified atom stereocenters. The van der Waals surface area contributed by atoms with Crippen molar-refractivity contribution in [2.75, 3.05) is 6.54 Å². The summed E-state index contributed by atoms with van der Waals surface area (Å²) in [4.78, 5) is 12.0. The number of carbonyl (C=O) groups is 1. The predicted octanol–water partition coefficient (Wildman–Crippen LogP) is 3.24. The van der Waals surface area contributed by atoms with E-state index in [0.717, 1.165) is 11.8 Å². The van der Waals surface area contributed by atoms with Crippen molar-refractivity contribution in [3.8, 4) is 5.75 Å². The van der Waals surface area contributed by atoms with Gasteiger partial charge in [-0.1, -0.05) is 42.5 Å². The Morgan fingerprint density at radius 1 is 1.26 bits per heavy atom. The normalized spacial score (nSPS) is 11.0. The lowest BCUT2D eigenvalue weighted by molar-refractivity contribution is 0.0952. The fourth-order valence-corrected chi connectivity index (χ4v) is 1.97. The first-order valence-corrected chi connectivity index (χ1v) is 6.34. The zero-order valence-electron chi connectivity index (χ0n) is 10.9. The van der Waals surface area contributed by atoms with E-state index in [9.17, 15) is 9.90 Å². The smallest absolute Gasteiger partial charge is 0.255 e. The molecule has 2 aromatic carbocycles. The number of amides is 1. The number of nitrogens with one attached hydrogen (secondary N) is 1. The summed E-state index contributed by atoms with van der Waals surface area (Å²) in [6.07, 6.45) is 4.72. The summed E-state index contributed by atoms with van der Waals surface area (Å²) >= 11 is 0. The van der Waals surface area contributed by atoms with E-state index in [4.69, 9.17) is 0 Å². The van der Waals surface area contributed by atoms with Gasteiger partial charge in [0.2, 0.25) is 0 Å². The lowest BCUT2D eigenvalue weighted by atomic mass is 10.0. The van der Waals surface area contributed by atoms with Gasteiger partial charge in [-0.05, 0) is 24.8 Å². The number of hydrogen-bond acceptors (Lipinski definition) is 2. The summed E-state index contributed by atoms with van der Waals surface area (Å²) < 4.78 is 0. The Kier molecular flexibility index (Phi) is 4.18. The molecule has 0 spiro atoms. The van der Waals surface area contributed by atoms with Gasteiger partial charge in [-0.25, -0.2) is 0 Å². The maximum atomic E-state index is 12.0. The lowest BCUT2D eigenvalue weighted by Gasteiger charge is -2.08. The Morgan fingerprint density at radius 3 is 2.84 bits per heavy atom. The third-order valence-corrected chi connectivity index (χ3v) is 2.98. The van der Waals surface area contributed by atoms with Crippen LogP contribution in [0.25, 0.3) is 10.8 Å². The van der Waals surface area contributed by atoms with Crippen LogP contribution in [-0.2, 0) is 0 Å². The summed E-state index contributed by atoms with van der Waals surface area (Å²) in [5.41, 5.74) is 0.319. The molecule has 3 nitrogen and oxygen atoms in total. The molecule has 0 aromatic heterocycles. The van der Waals surface area contributed by atoms with Gasteiger partial charge in [-0.2, -0.15) is 0 Å². The van der Waals surface area contributed by atoms with Crippen molar-refractivity contribution in [1.29, 1.82) is 0 Å². The molecule has 0 atom stereocenters. The van der Waals surface area contributed by atoms with Gasteiger partial charge in [0.15, 0.2) is 0 Å². The van der Waals surface area contributed by atoms with Gasteiger partial charge in [0.05, 0.1) is 5.56 Å². The number of allylic oxidation sites excluding steroid dienone is 1. The second kappa shape index (κ2) is 6.05. The minimum atomic E-state index is -0.243. The van der Waals surface area contributed by atoms with Crippen LogP contribution in [0, 0.1) is 0 Å². The van der Waals surface area contributed by atoms with Gasteiger partial charge in [0.1, 0.15) is 5.75 Å². The molecule has 0 heterocycles. The summed E-state index contributed by atoms with van der Waals surface area (Å²) in [7, 11) is 0. The summed E-state index contributed by atoms with van der Waals surface area (Å²) in [5.74, 6) is -0.200. The van der Waals surface area contributed by atoms with Crippen LogP contribution in [0.2, 0.25) is 0 Å². The highest BCUT2D eigenvalue weighted by Gasteiger charge is 2.12. The first-order chi connectivity index (χ1) is 9.24. The number of fused-ring (bicyclic) bond motifs is 1. The topological polar surface area (TPSA) is 49.3 Å². The summed E-state index contributed by atoms with van der Waals surface area (Å²) in [6.45, 7) is 2.51. The van der Waals surface area contributed by atoms with E-state index in [-0.39, 0.29) is 11.7 Å². The molecule has 0 saturated heterocycles. The van der Waals surface area contributed by atoms with Crippen molar-refractivity contribution in [3.63, 3.8) is 0 Å². The molecule has 0 fully saturated rings. The van der Waals surface area contributed by atoms with Crippen LogP contribution in [0.4, 0.5) is 0 Å². The van der Waals surface area contributed by atoms with Crippen LogP contribution in [0.5, 0.6) is 5.75 Å². The van der Waals surface area contributed by atoms with E-state index < -0.39 is 0 Å². The minimum Gasteiger partial charge on any atom is -0.506 e. The molecule has 2 aromatic rings. The van der Waals surface area contributed by atoms with Crippen LogP contribution in [-0.4, -0.2) is 17.6 Å². The van der Waals surface area contributed by atoms with E-state index >= 15 is 0 Å². The van der Waals surface area contributed by atoms with Gasteiger partial charge in [0, 0.05) is 11.9 Å². The summed E-state index contributed by atoms with van der Waals surface area (Å²) in [5, 5.41) is 14.6. The Bertz CT molecular complexity index is 617. The molecule has 0 bridgehead atoms.